The van der Waals surface area contributed by atoms with Gasteiger partial charge in [0.2, 0.25) is 5.91 Å². The summed E-state index contributed by atoms with van der Waals surface area (Å²) in [6.45, 7) is 6.96. The minimum absolute atomic E-state index is 0.0450. The molecule has 3 heterocycles. The first-order valence-corrected chi connectivity index (χ1v) is 9.10. The highest BCUT2D eigenvalue weighted by Gasteiger charge is 2.34. The molecule has 3 rings (SSSR count). The van der Waals surface area contributed by atoms with Gasteiger partial charge < -0.3 is 20.5 Å². The third kappa shape index (κ3) is 4.02. The molecule has 7 heteroatoms. The first-order valence-electron chi connectivity index (χ1n) is 9.10. The predicted octanol–water partition coefficient (Wildman–Crippen LogP) is 2.31. The Kier molecular flexibility index (Phi) is 5.59. The van der Waals surface area contributed by atoms with Gasteiger partial charge in [-0.05, 0) is 30.7 Å². The van der Waals surface area contributed by atoms with Gasteiger partial charge in [-0.3, -0.25) is 14.6 Å². The summed E-state index contributed by atoms with van der Waals surface area (Å²) < 4.78 is 0. The number of hydrogen-bond acceptors (Lipinski definition) is 5. The second-order valence-corrected chi connectivity index (χ2v) is 6.68. The fraction of sp³-hybridized carbons (Fsp3) is 0.350. The Morgan fingerprint density at radius 1 is 1.48 bits per heavy atom. The highest BCUT2D eigenvalue weighted by atomic mass is 16.2. The number of nitrogens with one attached hydrogen (secondary N) is 3. The first kappa shape index (κ1) is 18.7. The van der Waals surface area contributed by atoms with Gasteiger partial charge >= 0.3 is 0 Å². The molecule has 1 fully saturated rings. The van der Waals surface area contributed by atoms with Crippen LogP contribution < -0.4 is 16.2 Å². The summed E-state index contributed by atoms with van der Waals surface area (Å²) in [6, 6.07) is 5.76. The number of likely N-dealkylation sites (tertiary alicyclic amines) is 1. The van der Waals surface area contributed by atoms with Crippen LogP contribution in [-0.2, 0) is 4.79 Å². The van der Waals surface area contributed by atoms with E-state index in [1.54, 1.807) is 17.3 Å². The molecular formula is C20H25N5O2. The van der Waals surface area contributed by atoms with Gasteiger partial charge in [0.05, 0.1) is 5.69 Å². The molecule has 142 valence electrons. The summed E-state index contributed by atoms with van der Waals surface area (Å²) >= 11 is 0. The smallest absolute Gasteiger partial charge is 0.271 e. The number of nitrogens with zero attached hydrogens (tertiary/aromatic N) is 2. The number of anilines is 2. The lowest BCUT2D eigenvalue weighted by Gasteiger charge is -2.43. The van der Waals surface area contributed by atoms with Crippen LogP contribution >= 0.6 is 0 Å². The van der Waals surface area contributed by atoms with E-state index in [2.05, 4.69) is 34.1 Å². The molecule has 0 radical (unpaired) electrons. The SMILES string of the molecule is C=CC(=O)N1CC(C(CC)Nc2cc(-c3cc(NC)ccn3)c[nH]c2=O)C1. The van der Waals surface area contributed by atoms with Gasteiger partial charge in [-0.2, -0.15) is 0 Å². The Hall–Kier alpha value is -3.09. The normalized spacial score (nSPS) is 15.0. The van der Waals surface area contributed by atoms with E-state index in [-0.39, 0.29) is 17.5 Å². The van der Waals surface area contributed by atoms with Crippen molar-refractivity contribution in [2.24, 2.45) is 5.92 Å². The van der Waals surface area contributed by atoms with Gasteiger partial charge in [0.1, 0.15) is 5.69 Å². The maximum absolute atomic E-state index is 12.3. The molecule has 7 nitrogen and oxygen atoms in total. The van der Waals surface area contributed by atoms with Gasteiger partial charge in [0.15, 0.2) is 0 Å². The van der Waals surface area contributed by atoms with Crippen LogP contribution in [0, 0.1) is 5.92 Å². The third-order valence-corrected chi connectivity index (χ3v) is 4.99. The van der Waals surface area contributed by atoms with Crippen molar-refractivity contribution in [3.8, 4) is 11.3 Å². The van der Waals surface area contributed by atoms with Crippen LogP contribution in [0.2, 0.25) is 0 Å². The van der Waals surface area contributed by atoms with Gasteiger partial charge in [0, 0.05) is 55.7 Å². The highest BCUT2D eigenvalue weighted by molar-refractivity contribution is 5.87. The van der Waals surface area contributed by atoms with E-state index in [9.17, 15) is 9.59 Å². The van der Waals surface area contributed by atoms with Crippen LogP contribution in [0.5, 0.6) is 0 Å². The average molecular weight is 367 g/mol. The molecule has 1 aliphatic rings. The first-order chi connectivity index (χ1) is 13.0. The minimum atomic E-state index is -0.166. The van der Waals surface area contributed by atoms with Crippen molar-refractivity contribution >= 4 is 17.3 Å². The summed E-state index contributed by atoms with van der Waals surface area (Å²) in [6.07, 6.45) is 5.60. The molecule has 2 aromatic rings. The zero-order chi connectivity index (χ0) is 19.4. The molecule has 27 heavy (non-hydrogen) atoms. The predicted molar refractivity (Wildman–Crippen MR) is 108 cm³/mol. The Balaban J connectivity index is 1.77. The van der Waals surface area contributed by atoms with E-state index in [0.717, 1.165) is 23.4 Å². The lowest BCUT2D eigenvalue weighted by molar-refractivity contribution is -0.132. The average Bonchev–Trinajstić information content (AvgIpc) is 2.67. The number of amides is 1. The summed E-state index contributed by atoms with van der Waals surface area (Å²) in [5, 5.41) is 6.45. The number of carbonyl (C=O) groups excluding carboxylic acids is 1. The summed E-state index contributed by atoms with van der Waals surface area (Å²) in [7, 11) is 1.85. The van der Waals surface area contributed by atoms with Crippen LogP contribution in [0.4, 0.5) is 11.4 Å². The number of aromatic nitrogens is 2. The molecule has 3 N–H and O–H groups in total. The molecule has 1 unspecified atom stereocenters. The van der Waals surface area contributed by atoms with E-state index in [1.807, 2.05) is 25.2 Å². The summed E-state index contributed by atoms with van der Waals surface area (Å²) in [4.78, 5) is 32.9. The van der Waals surface area contributed by atoms with Gasteiger partial charge in [-0.25, -0.2) is 0 Å². The van der Waals surface area contributed by atoms with Crippen molar-refractivity contribution in [1.82, 2.24) is 14.9 Å². The fourth-order valence-corrected chi connectivity index (χ4v) is 3.31. The zero-order valence-corrected chi connectivity index (χ0v) is 15.7. The molecule has 0 aromatic carbocycles. The van der Waals surface area contributed by atoms with E-state index >= 15 is 0 Å². The Labute approximate surface area is 158 Å². The molecule has 0 bridgehead atoms. The van der Waals surface area contributed by atoms with E-state index in [0.29, 0.717) is 24.7 Å². The van der Waals surface area contributed by atoms with Crippen LogP contribution in [0.1, 0.15) is 13.3 Å². The molecule has 1 aliphatic heterocycles. The largest absolute Gasteiger partial charge is 0.388 e. The van der Waals surface area contributed by atoms with Crippen molar-refractivity contribution in [3.05, 3.63) is 53.6 Å². The van der Waals surface area contributed by atoms with Crippen LogP contribution in [-0.4, -0.2) is 47.0 Å². The van der Waals surface area contributed by atoms with Crippen molar-refractivity contribution in [3.63, 3.8) is 0 Å². The summed E-state index contributed by atoms with van der Waals surface area (Å²) in [5.41, 5.74) is 2.92. The van der Waals surface area contributed by atoms with E-state index in [1.165, 1.54) is 6.08 Å². The van der Waals surface area contributed by atoms with Crippen LogP contribution in [0.25, 0.3) is 11.3 Å². The fourth-order valence-electron chi connectivity index (χ4n) is 3.31. The molecule has 0 aliphatic carbocycles. The monoisotopic (exact) mass is 367 g/mol. The molecule has 1 amide bonds. The highest BCUT2D eigenvalue weighted by Crippen LogP contribution is 2.25. The number of pyridine rings is 2. The number of aromatic amines is 1. The standard InChI is InChI=1S/C20H25N5O2/c1-4-16(14-11-25(12-14)19(26)5-2)24-18-8-13(10-23-20(18)27)17-9-15(21-3)6-7-22-17/h5-10,14,16,24H,2,4,11-12H2,1,3H3,(H,21,22)(H,23,27). The van der Waals surface area contributed by atoms with Crippen molar-refractivity contribution in [1.29, 1.82) is 0 Å². The second-order valence-electron chi connectivity index (χ2n) is 6.68. The van der Waals surface area contributed by atoms with E-state index in [4.69, 9.17) is 0 Å². The number of hydrogen-bond donors (Lipinski definition) is 3. The van der Waals surface area contributed by atoms with Crippen LogP contribution in [0.15, 0.2) is 48.0 Å². The molecule has 0 spiro atoms. The van der Waals surface area contributed by atoms with Crippen molar-refractivity contribution in [2.45, 2.75) is 19.4 Å². The number of rotatable bonds is 7. The van der Waals surface area contributed by atoms with Crippen molar-refractivity contribution < 1.29 is 4.79 Å². The van der Waals surface area contributed by atoms with Gasteiger partial charge in [0.25, 0.3) is 5.56 Å². The summed E-state index contributed by atoms with van der Waals surface area (Å²) in [5.74, 6) is 0.268. The third-order valence-electron chi connectivity index (χ3n) is 4.99. The van der Waals surface area contributed by atoms with Gasteiger partial charge in [-0.1, -0.05) is 13.5 Å². The Morgan fingerprint density at radius 3 is 2.93 bits per heavy atom. The molecule has 1 saturated heterocycles. The van der Waals surface area contributed by atoms with Crippen LogP contribution in [0.3, 0.4) is 0 Å². The second kappa shape index (κ2) is 8.07. The maximum Gasteiger partial charge on any atom is 0.271 e. The lowest BCUT2D eigenvalue weighted by atomic mass is 9.89. The minimum Gasteiger partial charge on any atom is -0.388 e. The zero-order valence-electron chi connectivity index (χ0n) is 15.7. The molecule has 1 atom stereocenters. The molecule has 0 saturated carbocycles. The lowest BCUT2D eigenvalue weighted by Crippen LogP contribution is -2.55. The van der Waals surface area contributed by atoms with E-state index < -0.39 is 0 Å². The number of carbonyl (C=O) groups is 1. The Bertz CT molecular complexity index is 886. The molecular weight excluding hydrogens is 342 g/mol. The Morgan fingerprint density at radius 2 is 2.26 bits per heavy atom. The topological polar surface area (TPSA) is 90.1 Å². The maximum atomic E-state index is 12.3. The van der Waals surface area contributed by atoms with Gasteiger partial charge in [-0.15, -0.1) is 0 Å². The quantitative estimate of drug-likeness (QED) is 0.654. The van der Waals surface area contributed by atoms with Crippen molar-refractivity contribution in [2.75, 3.05) is 30.8 Å². The number of H-pyrrole nitrogens is 1. The molecule has 2 aromatic heterocycles.